The fraction of sp³-hybridized carbons (Fsp3) is 0.412. The Morgan fingerprint density at radius 2 is 1.91 bits per heavy atom. The summed E-state index contributed by atoms with van der Waals surface area (Å²) in [5, 5.41) is 6.75. The molecule has 2 heterocycles. The van der Waals surface area contributed by atoms with Crippen molar-refractivity contribution in [2.24, 2.45) is 5.92 Å². The van der Waals surface area contributed by atoms with Gasteiger partial charge in [0.15, 0.2) is 11.5 Å². The number of rotatable bonds is 4. The van der Waals surface area contributed by atoms with E-state index in [4.69, 9.17) is 14.0 Å². The van der Waals surface area contributed by atoms with Gasteiger partial charge in [-0.3, -0.25) is 4.79 Å². The molecule has 0 radical (unpaired) electrons. The second-order valence-electron chi connectivity index (χ2n) is 5.93. The molecule has 23 heavy (non-hydrogen) atoms. The van der Waals surface area contributed by atoms with Crippen molar-refractivity contribution in [1.29, 1.82) is 0 Å². The van der Waals surface area contributed by atoms with Crippen LogP contribution in [0.3, 0.4) is 0 Å². The molecular formula is C17H20N2O4. The third-order valence-corrected chi connectivity index (χ3v) is 3.73. The zero-order chi connectivity index (χ0) is 16.4. The average molecular weight is 316 g/mol. The maximum Gasteiger partial charge on any atom is 0.290 e. The molecule has 0 saturated carbocycles. The molecule has 1 aliphatic rings. The van der Waals surface area contributed by atoms with E-state index >= 15 is 0 Å². The highest BCUT2D eigenvalue weighted by atomic mass is 16.6. The number of carbonyl (C=O) groups excluding carboxylic acids is 1. The molecule has 1 aromatic heterocycles. The molecule has 1 atom stereocenters. The van der Waals surface area contributed by atoms with Crippen molar-refractivity contribution in [3.63, 3.8) is 0 Å². The number of amides is 1. The molecule has 1 amide bonds. The van der Waals surface area contributed by atoms with Gasteiger partial charge in [-0.25, -0.2) is 0 Å². The van der Waals surface area contributed by atoms with Gasteiger partial charge in [0, 0.05) is 6.07 Å². The van der Waals surface area contributed by atoms with E-state index in [9.17, 15) is 4.79 Å². The molecule has 0 saturated heterocycles. The van der Waals surface area contributed by atoms with Crippen LogP contribution in [0.1, 0.15) is 41.7 Å². The van der Waals surface area contributed by atoms with Crippen molar-refractivity contribution in [3.05, 3.63) is 41.3 Å². The first kappa shape index (κ1) is 15.4. The molecule has 6 heteroatoms. The summed E-state index contributed by atoms with van der Waals surface area (Å²) in [6.07, 6.45) is 0. The van der Waals surface area contributed by atoms with Crippen LogP contribution in [0.2, 0.25) is 0 Å². The molecule has 1 aliphatic heterocycles. The summed E-state index contributed by atoms with van der Waals surface area (Å²) in [5.41, 5.74) is 1.64. The summed E-state index contributed by atoms with van der Waals surface area (Å²) in [7, 11) is 0. The highest BCUT2D eigenvalue weighted by Crippen LogP contribution is 2.34. The minimum absolute atomic E-state index is 0.163. The molecule has 0 aliphatic carbocycles. The number of nitrogens with zero attached hydrogens (tertiary/aromatic N) is 1. The molecule has 1 N–H and O–H groups in total. The number of ether oxygens (including phenoxy) is 2. The van der Waals surface area contributed by atoms with Crippen LogP contribution in [-0.4, -0.2) is 24.3 Å². The summed E-state index contributed by atoms with van der Waals surface area (Å²) in [6.45, 7) is 6.97. The zero-order valence-electron chi connectivity index (χ0n) is 13.5. The Morgan fingerprint density at radius 3 is 2.57 bits per heavy atom. The van der Waals surface area contributed by atoms with Gasteiger partial charge in [0.1, 0.15) is 13.2 Å². The van der Waals surface area contributed by atoms with Gasteiger partial charge >= 0.3 is 0 Å². The van der Waals surface area contributed by atoms with Crippen molar-refractivity contribution in [2.45, 2.75) is 26.8 Å². The molecule has 1 aromatic carbocycles. The van der Waals surface area contributed by atoms with Crippen molar-refractivity contribution in [3.8, 4) is 11.5 Å². The van der Waals surface area contributed by atoms with Crippen LogP contribution in [0.25, 0.3) is 0 Å². The number of hydrogen-bond donors (Lipinski definition) is 1. The third kappa shape index (κ3) is 3.31. The van der Waals surface area contributed by atoms with Crippen LogP contribution in [0, 0.1) is 12.8 Å². The van der Waals surface area contributed by atoms with E-state index in [0.717, 1.165) is 11.3 Å². The predicted octanol–water partition coefficient (Wildman–Crippen LogP) is 2.88. The summed E-state index contributed by atoms with van der Waals surface area (Å²) in [5.74, 6) is 1.58. The number of aromatic nitrogens is 1. The Bertz CT molecular complexity index is 708. The largest absolute Gasteiger partial charge is 0.486 e. The van der Waals surface area contributed by atoms with Gasteiger partial charge < -0.3 is 19.3 Å². The summed E-state index contributed by atoms with van der Waals surface area (Å²) in [6, 6.07) is 7.21. The topological polar surface area (TPSA) is 73.6 Å². The fourth-order valence-electron chi connectivity index (χ4n) is 2.57. The lowest BCUT2D eigenvalue weighted by atomic mass is 9.95. The highest BCUT2D eigenvalue weighted by Gasteiger charge is 2.23. The number of aryl methyl sites for hydroxylation is 1. The van der Waals surface area contributed by atoms with Crippen molar-refractivity contribution in [2.75, 3.05) is 13.2 Å². The lowest BCUT2D eigenvalue weighted by molar-refractivity contribution is 0.0888. The van der Waals surface area contributed by atoms with E-state index in [2.05, 4.69) is 10.5 Å². The van der Waals surface area contributed by atoms with Crippen molar-refractivity contribution >= 4 is 5.91 Å². The van der Waals surface area contributed by atoms with E-state index in [0.29, 0.717) is 24.7 Å². The van der Waals surface area contributed by atoms with E-state index < -0.39 is 0 Å². The molecule has 3 rings (SSSR count). The van der Waals surface area contributed by atoms with Crippen LogP contribution in [0.15, 0.2) is 28.8 Å². The standard InChI is InChI=1S/C17H20N2O4/c1-10(2)16(18-17(20)15-8-11(3)19-23-15)12-4-5-13-14(9-12)22-7-6-21-13/h4-5,8-10,16H,6-7H2,1-3H3,(H,18,20). The predicted molar refractivity (Wildman–Crippen MR) is 83.7 cm³/mol. The molecule has 0 spiro atoms. The maximum absolute atomic E-state index is 12.3. The Kier molecular flexibility index (Phi) is 4.23. The SMILES string of the molecule is Cc1cc(C(=O)NC(c2ccc3c(c2)OCCO3)C(C)C)on1. The Balaban J connectivity index is 1.82. The van der Waals surface area contributed by atoms with Gasteiger partial charge in [-0.05, 0) is 30.5 Å². The molecule has 0 fully saturated rings. The van der Waals surface area contributed by atoms with Crippen LogP contribution >= 0.6 is 0 Å². The minimum Gasteiger partial charge on any atom is -0.486 e. The molecule has 1 unspecified atom stereocenters. The van der Waals surface area contributed by atoms with Crippen LogP contribution in [-0.2, 0) is 0 Å². The molecule has 6 nitrogen and oxygen atoms in total. The quantitative estimate of drug-likeness (QED) is 0.939. The van der Waals surface area contributed by atoms with Crippen LogP contribution < -0.4 is 14.8 Å². The second kappa shape index (κ2) is 6.32. The van der Waals surface area contributed by atoms with Gasteiger partial charge in [-0.1, -0.05) is 25.1 Å². The lowest BCUT2D eigenvalue weighted by Crippen LogP contribution is -2.31. The number of benzene rings is 1. The van der Waals surface area contributed by atoms with E-state index in [-0.39, 0.29) is 23.6 Å². The van der Waals surface area contributed by atoms with Gasteiger partial charge in [0.2, 0.25) is 5.76 Å². The van der Waals surface area contributed by atoms with Gasteiger partial charge in [0.05, 0.1) is 11.7 Å². The van der Waals surface area contributed by atoms with Crippen molar-refractivity contribution in [1.82, 2.24) is 10.5 Å². The molecule has 2 aromatic rings. The Labute approximate surface area is 134 Å². The van der Waals surface area contributed by atoms with Gasteiger partial charge in [-0.15, -0.1) is 0 Å². The normalized spacial score (nSPS) is 14.6. The molecular weight excluding hydrogens is 296 g/mol. The van der Waals surface area contributed by atoms with Gasteiger partial charge in [-0.2, -0.15) is 0 Å². The molecule has 122 valence electrons. The smallest absolute Gasteiger partial charge is 0.290 e. The maximum atomic E-state index is 12.3. The average Bonchev–Trinajstić information content (AvgIpc) is 2.98. The summed E-state index contributed by atoms with van der Waals surface area (Å²) >= 11 is 0. The summed E-state index contributed by atoms with van der Waals surface area (Å²) in [4.78, 5) is 12.3. The zero-order valence-corrected chi connectivity index (χ0v) is 13.5. The van der Waals surface area contributed by atoms with E-state index in [1.54, 1.807) is 13.0 Å². The number of fused-ring (bicyclic) bond motifs is 1. The monoisotopic (exact) mass is 316 g/mol. The van der Waals surface area contributed by atoms with Crippen molar-refractivity contribution < 1.29 is 18.8 Å². The van der Waals surface area contributed by atoms with Crippen LogP contribution in [0.4, 0.5) is 0 Å². The number of hydrogen-bond acceptors (Lipinski definition) is 5. The Hall–Kier alpha value is -2.50. The first-order valence-corrected chi connectivity index (χ1v) is 7.68. The first-order chi connectivity index (χ1) is 11.0. The molecule has 0 bridgehead atoms. The number of nitrogens with one attached hydrogen (secondary N) is 1. The van der Waals surface area contributed by atoms with Gasteiger partial charge in [0.25, 0.3) is 5.91 Å². The van der Waals surface area contributed by atoms with E-state index in [1.807, 2.05) is 32.0 Å². The summed E-state index contributed by atoms with van der Waals surface area (Å²) < 4.78 is 16.2. The number of carbonyl (C=O) groups is 1. The highest BCUT2D eigenvalue weighted by molar-refractivity contribution is 5.91. The van der Waals surface area contributed by atoms with Crippen LogP contribution in [0.5, 0.6) is 11.5 Å². The Morgan fingerprint density at radius 1 is 1.17 bits per heavy atom. The lowest BCUT2D eigenvalue weighted by Gasteiger charge is -2.25. The third-order valence-electron chi connectivity index (χ3n) is 3.73. The van der Waals surface area contributed by atoms with E-state index in [1.165, 1.54) is 0 Å². The first-order valence-electron chi connectivity index (χ1n) is 7.68. The fourth-order valence-corrected chi connectivity index (χ4v) is 2.57. The minimum atomic E-state index is -0.279. The second-order valence-corrected chi connectivity index (χ2v) is 5.93.